The van der Waals surface area contributed by atoms with Crippen molar-refractivity contribution in [3.05, 3.63) is 0 Å². The van der Waals surface area contributed by atoms with Crippen LogP contribution in [0.5, 0.6) is 0 Å². The van der Waals surface area contributed by atoms with E-state index in [2.05, 4.69) is 10.6 Å². The fourth-order valence-electron chi connectivity index (χ4n) is 3.10. The number of nitrogens with two attached hydrogens (primary N) is 2. The van der Waals surface area contributed by atoms with Crippen molar-refractivity contribution in [3.63, 3.8) is 0 Å². The molecule has 0 bridgehead atoms. The van der Waals surface area contributed by atoms with Crippen LogP contribution >= 0.6 is 0 Å². The summed E-state index contributed by atoms with van der Waals surface area (Å²) in [6.07, 6.45) is 1.14. The first-order valence-corrected chi connectivity index (χ1v) is 11.4. The van der Waals surface area contributed by atoms with E-state index in [1.807, 2.05) is 0 Å². The maximum Gasteiger partial charge on any atom is 0.317 e. The molecule has 0 fully saturated rings. The highest BCUT2D eigenvalue weighted by molar-refractivity contribution is 5.89. The first kappa shape index (κ1) is 32.7. The molecule has 0 saturated carbocycles. The maximum atomic E-state index is 12.2. The van der Waals surface area contributed by atoms with E-state index in [1.165, 1.54) is 4.90 Å². The Morgan fingerprint density at radius 3 is 1.69 bits per heavy atom. The number of hydrogen-bond donors (Lipinski definition) is 7. The largest absolute Gasteiger partial charge is 0.480 e. The van der Waals surface area contributed by atoms with Gasteiger partial charge < -0.3 is 37.4 Å². The van der Waals surface area contributed by atoms with Crippen molar-refractivity contribution in [2.24, 2.45) is 17.4 Å². The Hall–Kier alpha value is -3.30. The molecule has 0 aliphatic heterocycles. The second kappa shape index (κ2) is 17.2. The highest BCUT2D eigenvalue weighted by Crippen LogP contribution is 2.04. The number of nitrogens with zero attached hydrogens (tertiary/aromatic N) is 2. The van der Waals surface area contributed by atoms with E-state index in [0.29, 0.717) is 12.8 Å². The van der Waals surface area contributed by atoms with Gasteiger partial charge in [0.2, 0.25) is 17.7 Å². The number of hydrogen-bond acceptors (Lipinski definition) is 9. The second-order valence-electron chi connectivity index (χ2n) is 8.68. The van der Waals surface area contributed by atoms with Gasteiger partial charge in [-0.3, -0.25) is 38.6 Å². The van der Waals surface area contributed by atoms with Gasteiger partial charge in [-0.2, -0.15) is 0 Å². The number of aliphatic carboxylic acids is 3. The zero-order valence-electron chi connectivity index (χ0n) is 20.6. The predicted molar refractivity (Wildman–Crippen MR) is 127 cm³/mol. The summed E-state index contributed by atoms with van der Waals surface area (Å²) in [6, 6.07) is -1.68. The van der Waals surface area contributed by atoms with E-state index < -0.39 is 67.3 Å². The van der Waals surface area contributed by atoms with Crippen molar-refractivity contribution in [1.82, 2.24) is 20.4 Å². The molecule has 0 aliphatic carbocycles. The molecule has 0 radical (unpaired) electrons. The van der Waals surface area contributed by atoms with Crippen molar-refractivity contribution in [2.75, 3.05) is 45.8 Å². The molecule has 15 nitrogen and oxygen atoms in total. The third kappa shape index (κ3) is 15.6. The third-order valence-corrected chi connectivity index (χ3v) is 5.10. The highest BCUT2D eigenvalue weighted by atomic mass is 16.4. The molecule has 9 N–H and O–H groups in total. The average molecular weight is 519 g/mol. The predicted octanol–water partition coefficient (Wildman–Crippen LogP) is -2.92. The van der Waals surface area contributed by atoms with Gasteiger partial charge in [-0.25, -0.2) is 0 Å². The number of amides is 3. The van der Waals surface area contributed by atoms with E-state index in [-0.39, 0.29) is 38.5 Å². The van der Waals surface area contributed by atoms with Crippen LogP contribution in [0.25, 0.3) is 0 Å². The van der Waals surface area contributed by atoms with Crippen LogP contribution < -0.4 is 22.1 Å². The van der Waals surface area contributed by atoms with Gasteiger partial charge in [-0.15, -0.1) is 0 Å². The summed E-state index contributed by atoms with van der Waals surface area (Å²) in [5, 5.41) is 32.0. The van der Waals surface area contributed by atoms with Gasteiger partial charge in [0, 0.05) is 19.6 Å². The van der Waals surface area contributed by atoms with Crippen LogP contribution in [0.3, 0.4) is 0 Å². The molecule has 0 aromatic carbocycles. The van der Waals surface area contributed by atoms with Crippen LogP contribution in [0.1, 0.15) is 33.1 Å². The molecule has 206 valence electrons. The fraction of sp³-hybridized carbons (Fsp3) is 0.714. The second-order valence-corrected chi connectivity index (χ2v) is 8.68. The Balaban J connectivity index is 4.61. The number of unbranched alkanes of at least 4 members (excludes halogenated alkanes) is 1. The van der Waals surface area contributed by atoms with Crippen LogP contribution in [-0.2, 0) is 28.8 Å². The van der Waals surface area contributed by atoms with E-state index in [9.17, 15) is 28.8 Å². The maximum absolute atomic E-state index is 12.2. The quantitative estimate of drug-likeness (QED) is 0.0801. The van der Waals surface area contributed by atoms with Gasteiger partial charge in [0.05, 0.1) is 32.2 Å². The molecular formula is C21H38N6O9. The summed E-state index contributed by atoms with van der Waals surface area (Å²) in [7, 11) is 0. The summed E-state index contributed by atoms with van der Waals surface area (Å²) in [6.45, 7) is 1.75. The molecular weight excluding hydrogens is 480 g/mol. The Bertz CT molecular complexity index is 761. The molecule has 0 aliphatic rings. The average Bonchev–Trinajstić information content (AvgIpc) is 2.74. The lowest BCUT2D eigenvalue weighted by Gasteiger charge is -2.24. The lowest BCUT2D eigenvalue weighted by Crippen LogP contribution is -2.51. The first-order valence-electron chi connectivity index (χ1n) is 11.4. The summed E-state index contributed by atoms with van der Waals surface area (Å²) in [5.74, 6) is -5.46. The van der Waals surface area contributed by atoms with E-state index >= 15 is 0 Å². The van der Waals surface area contributed by atoms with Crippen molar-refractivity contribution < 1.29 is 44.1 Å². The van der Waals surface area contributed by atoms with Crippen molar-refractivity contribution in [2.45, 2.75) is 45.2 Å². The van der Waals surface area contributed by atoms with E-state index in [1.54, 1.807) is 13.8 Å². The number of rotatable bonds is 20. The van der Waals surface area contributed by atoms with Crippen molar-refractivity contribution in [1.29, 1.82) is 0 Å². The van der Waals surface area contributed by atoms with E-state index in [4.69, 9.17) is 26.8 Å². The summed E-state index contributed by atoms with van der Waals surface area (Å²) in [5.41, 5.74) is 11.1. The molecule has 36 heavy (non-hydrogen) atoms. The van der Waals surface area contributed by atoms with Crippen LogP contribution in [0, 0.1) is 5.92 Å². The van der Waals surface area contributed by atoms with Crippen LogP contribution in [0.2, 0.25) is 0 Å². The Kier molecular flexibility index (Phi) is 15.6. The van der Waals surface area contributed by atoms with Gasteiger partial charge in [0.1, 0.15) is 6.04 Å². The van der Waals surface area contributed by atoms with Gasteiger partial charge >= 0.3 is 17.9 Å². The Morgan fingerprint density at radius 2 is 1.28 bits per heavy atom. The number of carboxylic acid groups (broad SMARTS) is 3. The molecule has 0 spiro atoms. The molecule has 15 heteroatoms. The minimum absolute atomic E-state index is 0.0429. The van der Waals surface area contributed by atoms with E-state index in [0.717, 1.165) is 4.90 Å². The minimum Gasteiger partial charge on any atom is -0.480 e. The fourth-order valence-corrected chi connectivity index (χ4v) is 3.10. The molecule has 0 saturated heterocycles. The van der Waals surface area contributed by atoms with Crippen LogP contribution in [-0.4, -0.2) is 119 Å². The molecule has 0 aromatic heterocycles. The molecule has 0 heterocycles. The zero-order chi connectivity index (χ0) is 27.8. The summed E-state index contributed by atoms with van der Waals surface area (Å²) in [4.78, 5) is 71.2. The van der Waals surface area contributed by atoms with Crippen LogP contribution in [0.15, 0.2) is 0 Å². The monoisotopic (exact) mass is 518 g/mol. The molecule has 0 aromatic rings. The topological polar surface area (TPSA) is 246 Å². The number of carbonyl (C=O) groups is 6. The summed E-state index contributed by atoms with van der Waals surface area (Å²) < 4.78 is 0. The number of nitrogens with one attached hydrogen (secondary N) is 2. The smallest absolute Gasteiger partial charge is 0.317 e. The molecule has 0 unspecified atom stereocenters. The summed E-state index contributed by atoms with van der Waals surface area (Å²) >= 11 is 0. The highest BCUT2D eigenvalue weighted by Gasteiger charge is 2.23. The van der Waals surface area contributed by atoms with Gasteiger partial charge in [0.25, 0.3) is 0 Å². The number of primary amides is 1. The minimum atomic E-state index is -1.24. The standard InChI is InChI=1S/C21H38N6O9/c1-13(2)19(22)21(36)25-14(20(23)35)5-3-4-6-24-15(28)9-26(10-16(29)30)7-8-27(11-17(31)32)12-18(33)34/h13-14,19H,3-12,22H2,1-2H3,(H2,23,35)(H,24,28)(H,25,36)(H,29,30)(H,31,32)(H,33,34)/t14-,19-/m0/s1. The van der Waals surface area contributed by atoms with Crippen molar-refractivity contribution in [3.8, 4) is 0 Å². The van der Waals surface area contributed by atoms with Gasteiger partial charge in [-0.05, 0) is 25.2 Å². The van der Waals surface area contributed by atoms with Gasteiger partial charge in [-0.1, -0.05) is 13.8 Å². The third-order valence-electron chi connectivity index (χ3n) is 5.10. The van der Waals surface area contributed by atoms with Gasteiger partial charge in [0.15, 0.2) is 0 Å². The Morgan fingerprint density at radius 1 is 0.806 bits per heavy atom. The first-order chi connectivity index (χ1) is 16.7. The van der Waals surface area contributed by atoms with Crippen molar-refractivity contribution >= 4 is 35.6 Å². The number of carbonyl (C=O) groups excluding carboxylic acids is 3. The molecule has 2 atom stereocenters. The van der Waals surface area contributed by atoms with Crippen LogP contribution in [0.4, 0.5) is 0 Å². The normalized spacial score (nSPS) is 12.8. The Labute approximate surface area is 209 Å². The number of carboxylic acids is 3. The molecule has 0 rings (SSSR count). The molecule has 3 amide bonds. The lowest BCUT2D eigenvalue weighted by molar-refractivity contribution is -0.143. The lowest BCUT2D eigenvalue weighted by atomic mass is 10.0. The zero-order valence-corrected chi connectivity index (χ0v) is 20.6. The SMILES string of the molecule is CC(C)[C@H](N)C(=O)N[C@@H](CCCCNC(=O)CN(CCN(CC(=O)O)CC(=O)O)CC(=O)O)C(N)=O.